The van der Waals surface area contributed by atoms with Crippen molar-refractivity contribution in [2.24, 2.45) is 0 Å². The molecule has 2 rings (SSSR count). The lowest BCUT2D eigenvalue weighted by Gasteiger charge is -2.06. The van der Waals surface area contributed by atoms with Gasteiger partial charge in [0.1, 0.15) is 0 Å². The van der Waals surface area contributed by atoms with Crippen LogP contribution in [0.2, 0.25) is 5.02 Å². The van der Waals surface area contributed by atoms with Crippen LogP contribution in [0.4, 0.5) is 0 Å². The third-order valence-electron chi connectivity index (χ3n) is 2.89. The number of amides is 2. The maximum absolute atomic E-state index is 11.7. The molecule has 2 aromatic rings. The summed E-state index contributed by atoms with van der Waals surface area (Å²) < 4.78 is 4.96. The summed E-state index contributed by atoms with van der Waals surface area (Å²) in [4.78, 5) is 24.3. The Balaban J connectivity index is 1.55. The zero-order chi connectivity index (χ0) is 16.5. The number of benzene rings is 1. The number of halogens is 1. The third kappa shape index (κ3) is 6.38. The first-order valence-electron chi connectivity index (χ1n) is 7.12. The van der Waals surface area contributed by atoms with Gasteiger partial charge in [0.05, 0.1) is 6.26 Å². The molecule has 1 heterocycles. The Morgan fingerprint density at radius 2 is 1.87 bits per heavy atom. The maximum atomic E-state index is 11.7. The summed E-state index contributed by atoms with van der Waals surface area (Å²) in [5.74, 6) is 0.596. The predicted octanol–water partition coefficient (Wildman–Crippen LogP) is 2.96. The van der Waals surface area contributed by atoms with E-state index in [2.05, 4.69) is 10.6 Å². The number of nitrogens with one attached hydrogen (secondary N) is 2. The van der Waals surface area contributed by atoms with Crippen molar-refractivity contribution in [2.45, 2.75) is 11.3 Å². The lowest BCUT2D eigenvalue weighted by molar-refractivity contribution is -0.120. The fourth-order valence-corrected chi connectivity index (χ4v) is 2.66. The number of furan rings is 1. The van der Waals surface area contributed by atoms with Gasteiger partial charge < -0.3 is 15.1 Å². The second-order valence-corrected chi connectivity index (χ2v) is 6.24. The predicted molar refractivity (Wildman–Crippen MR) is 90.8 cm³/mol. The minimum Gasteiger partial charge on any atom is -0.459 e. The van der Waals surface area contributed by atoms with E-state index in [9.17, 15) is 9.59 Å². The topological polar surface area (TPSA) is 71.3 Å². The minimum atomic E-state index is -0.318. The first-order valence-corrected chi connectivity index (χ1v) is 8.48. The summed E-state index contributed by atoms with van der Waals surface area (Å²) in [5, 5.41) is 6.15. The van der Waals surface area contributed by atoms with Gasteiger partial charge in [-0.1, -0.05) is 11.6 Å². The van der Waals surface area contributed by atoms with Gasteiger partial charge in [-0.3, -0.25) is 9.59 Å². The van der Waals surface area contributed by atoms with Gasteiger partial charge in [-0.2, -0.15) is 0 Å². The summed E-state index contributed by atoms with van der Waals surface area (Å²) in [5.41, 5.74) is 0. The molecule has 1 aromatic heterocycles. The van der Waals surface area contributed by atoms with E-state index in [1.54, 1.807) is 23.9 Å². The molecule has 0 atom stereocenters. The van der Waals surface area contributed by atoms with Crippen molar-refractivity contribution in [3.05, 3.63) is 53.4 Å². The zero-order valence-corrected chi connectivity index (χ0v) is 14.0. The molecular formula is C16H17ClN2O3S. The molecule has 0 aliphatic carbocycles. The molecule has 7 heteroatoms. The Bertz CT molecular complexity index is 629. The van der Waals surface area contributed by atoms with Crippen molar-refractivity contribution in [3.63, 3.8) is 0 Å². The van der Waals surface area contributed by atoms with E-state index in [0.29, 0.717) is 11.6 Å². The molecule has 0 fully saturated rings. The molecule has 5 nitrogen and oxygen atoms in total. The normalized spacial score (nSPS) is 10.3. The van der Waals surface area contributed by atoms with E-state index in [1.165, 1.54) is 6.26 Å². The summed E-state index contributed by atoms with van der Waals surface area (Å²) in [6, 6.07) is 10.8. The Morgan fingerprint density at radius 3 is 2.57 bits per heavy atom. The van der Waals surface area contributed by atoms with E-state index in [1.807, 2.05) is 24.3 Å². The lowest BCUT2D eigenvalue weighted by Crippen LogP contribution is -2.31. The van der Waals surface area contributed by atoms with Crippen LogP contribution in [0.5, 0.6) is 0 Å². The Hall–Kier alpha value is -1.92. The van der Waals surface area contributed by atoms with E-state index < -0.39 is 0 Å². The summed E-state index contributed by atoms with van der Waals surface area (Å²) in [6.45, 7) is 0.841. The second kappa shape index (κ2) is 9.27. The fourth-order valence-electron chi connectivity index (χ4n) is 1.76. The van der Waals surface area contributed by atoms with Crippen LogP contribution in [0, 0.1) is 0 Å². The lowest BCUT2D eigenvalue weighted by atomic mass is 10.3. The van der Waals surface area contributed by atoms with Crippen LogP contribution in [-0.4, -0.2) is 30.7 Å². The molecule has 1 aromatic carbocycles. The molecule has 0 aliphatic heterocycles. The molecule has 0 saturated carbocycles. The molecular weight excluding hydrogens is 336 g/mol. The average molecular weight is 353 g/mol. The molecule has 0 bridgehead atoms. The molecule has 2 N–H and O–H groups in total. The second-order valence-electron chi connectivity index (χ2n) is 4.64. The van der Waals surface area contributed by atoms with E-state index in [-0.39, 0.29) is 30.5 Å². The van der Waals surface area contributed by atoms with Crippen molar-refractivity contribution in [3.8, 4) is 0 Å². The SMILES string of the molecule is O=C(CCNC(=O)c1ccco1)NCCSc1ccc(Cl)cc1. The van der Waals surface area contributed by atoms with Crippen molar-refractivity contribution in [1.82, 2.24) is 10.6 Å². The molecule has 0 unspecified atom stereocenters. The van der Waals surface area contributed by atoms with Crippen LogP contribution in [0.3, 0.4) is 0 Å². The van der Waals surface area contributed by atoms with Gasteiger partial charge in [0, 0.05) is 35.2 Å². The molecule has 0 spiro atoms. The fraction of sp³-hybridized carbons (Fsp3) is 0.250. The van der Waals surface area contributed by atoms with Crippen LogP contribution in [-0.2, 0) is 4.79 Å². The number of thioether (sulfide) groups is 1. The number of hydrogen-bond donors (Lipinski definition) is 2. The van der Waals surface area contributed by atoms with Crippen LogP contribution in [0.25, 0.3) is 0 Å². The number of carbonyl (C=O) groups excluding carboxylic acids is 2. The van der Waals surface area contributed by atoms with Gasteiger partial charge in [0.15, 0.2) is 5.76 Å². The van der Waals surface area contributed by atoms with Gasteiger partial charge in [-0.25, -0.2) is 0 Å². The largest absolute Gasteiger partial charge is 0.459 e. The van der Waals surface area contributed by atoms with E-state index in [4.69, 9.17) is 16.0 Å². The van der Waals surface area contributed by atoms with E-state index >= 15 is 0 Å². The molecule has 0 saturated heterocycles. The van der Waals surface area contributed by atoms with E-state index in [0.717, 1.165) is 10.6 Å². The van der Waals surface area contributed by atoms with Gasteiger partial charge >= 0.3 is 0 Å². The third-order valence-corrected chi connectivity index (χ3v) is 4.15. The van der Waals surface area contributed by atoms with Crippen LogP contribution in [0.15, 0.2) is 52.0 Å². The monoisotopic (exact) mass is 352 g/mol. The molecule has 2 amide bonds. The quantitative estimate of drug-likeness (QED) is 0.566. The Kier molecular flexibility index (Phi) is 7.03. The van der Waals surface area contributed by atoms with Crippen molar-refractivity contribution in [1.29, 1.82) is 0 Å². The highest BCUT2D eigenvalue weighted by Gasteiger charge is 2.08. The first kappa shape index (κ1) is 17.4. The van der Waals surface area contributed by atoms with Crippen molar-refractivity contribution < 1.29 is 14.0 Å². The van der Waals surface area contributed by atoms with Crippen molar-refractivity contribution >= 4 is 35.2 Å². The standard InChI is InChI=1S/C16H17ClN2O3S/c17-12-3-5-13(6-4-12)23-11-9-18-15(20)7-8-19-16(21)14-2-1-10-22-14/h1-6,10H,7-9,11H2,(H,18,20)(H,19,21). The average Bonchev–Trinajstić information content (AvgIpc) is 3.08. The minimum absolute atomic E-state index is 0.0959. The summed E-state index contributed by atoms with van der Waals surface area (Å²) in [7, 11) is 0. The number of hydrogen-bond acceptors (Lipinski definition) is 4. The highest BCUT2D eigenvalue weighted by atomic mass is 35.5. The van der Waals surface area contributed by atoms with Crippen LogP contribution >= 0.6 is 23.4 Å². The Labute approximate surface area is 143 Å². The highest BCUT2D eigenvalue weighted by molar-refractivity contribution is 7.99. The number of carbonyl (C=O) groups is 2. The molecule has 0 aliphatic rings. The summed E-state index contributed by atoms with van der Waals surface area (Å²) in [6.07, 6.45) is 1.66. The van der Waals surface area contributed by atoms with Gasteiger partial charge in [0.25, 0.3) is 5.91 Å². The van der Waals surface area contributed by atoms with Gasteiger partial charge in [0.2, 0.25) is 5.91 Å². The number of rotatable bonds is 8. The van der Waals surface area contributed by atoms with Gasteiger partial charge in [-0.15, -0.1) is 11.8 Å². The molecule has 122 valence electrons. The van der Waals surface area contributed by atoms with Gasteiger partial charge in [-0.05, 0) is 36.4 Å². The summed E-state index contributed by atoms with van der Waals surface area (Å²) >= 11 is 7.46. The highest BCUT2D eigenvalue weighted by Crippen LogP contribution is 2.19. The van der Waals surface area contributed by atoms with Crippen molar-refractivity contribution in [2.75, 3.05) is 18.8 Å². The Morgan fingerprint density at radius 1 is 1.09 bits per heavy atom. The molecule has 23 heavy (non-hydrogen) atoms. The maximum Gasteiger partial charge on any atom is 0.286 e. The van der Waals surface area contributed by atoms with Crippen LogP contribution < -0.4 is 10.6 Å². The van der Waals surface area contributed by atoms with Crippen LogP contribution in [0.1, 0.15) is 17.0 Å². The smallest absolute Gasteiger partial charge is 0.286 e. The molecule has 0 radical (unpaired) electrons. The first-order chi connectivity index (χ1) is 11.1. The zero-order valence-electron chi connectivity index (χ0n) is 12.4.